The third-order valence-corrected chi connectivity index (χ3v) is 5.59. The van der Waals surface area contributed by atoms with E-state index >= 15 is 0 Å². The van der Waals surface area contributed by atoms with Gasteiger partial charge in [0.15, 0.2) is 0 Å². The van der Waals surface area contributed by atoms with Crippen molar-refractivity contribution < 1.29 is 19.4 Å². The van der Waals surface area contributed by atoms with E-state index in [1.165, 1.54) is 4.90 Å². The monoisotopic (exact) mass is 477 g/mol. The van der Waals surface area contributed by atoms with Gasteiger partial charge in [-0.05, 0) is 55.7 Å². The fourth-order valence-electron chi connectivity index (χ4n) is 3.58. The van der Waals surface area contributed by atoms with Crippen LogP contribution in [-0.2, 0) is 14.3 Å². The second-order valence-electron chi connectivity index (χ2n) is 7.70. The van der Waals surface area contributed by atoms with Crippen molar-refractivity contribution in [2.24, 2.45) is 0 Å². The molecular formula is C28H35N3O4. The lowest BCUT2D eigenvalue weighted by Crippen LogP contribution is -2.23. The number of benzene rings is 2. The number of methoxy groups -OCH3 is 1. The maximum Gasteiger partial charge on any atom is 0.256 e. The highest BCUT2D eigenvalue weighted by Crippen LogP contribution is 2.44. The molecule has 0 bridgehead atoms. The summed E-state index contributed by atoms with van der Waals surface area (Å²) >= 11 is 0. The molecule has 186 valence electrons. The van der Waals surface area contributed by atoms with E-state index in [2.05, 4.69) is 15.0 Å². The number of aryl methyl sites for hydroxylation is 1. The maximum absolute atomic E-state index is 12.6. The molecule has 0 saturated carbocycles. The number of aromatic amines is 1. The largest absolute Gasteiger partial charge is 0.507 e. The summed E-state index contributed by atoms with van der Waals surface area (Å²) in [5.74, 6) is -0.00354. The molecule has 0 unspecified atom stereocenters. The van der Waals surface area contributed by atoms with Gasteiger partial charge in [-0.1, -0.05) is 44.2 Å². The number of fused-ring (bicyclic) bond motifs is 1. The summed E-state index contributed by atoms with van der Waals surface area (Å²) in [7, 11) is 1.56. The first kappa shape index (κ1) is 27.4. The first-order valence-electron chi connectivity index (χ1n) is 11.7. The molecule has 2 amide bonds. The van der Waals surface area contributed by atoms with E-state index in [1.807, 2.05) is 77.2 Å². The number of rotatable bonds is 6. The number of phenols is 1. The van der Waals surface area contributed by atoms with Crippen LogP contribution < -0.4 is 5.32 Å². The molecule has 1 aromatic heterocycles. The SMILES string of the molecule is CC.CCN(C=O)COC.Cc1c[nH]c(/C=C2\C(=O)Nc3ccc(O)c(-c4ccccc4)c32)c1C. The minimum absolute atomic E-state index is 0.159. The van der Waals surface area contributed by atoms with Gasteiger partial charge in [-0.3, -0.25) is 9.59 Å². The number of H-pyrrole nitrogens is 1. The molecule has 3 N–H and O–H groups in total. The smallest absolute Gasteiger partial charge is 0.256 e. The molecule has 0 atom stereocenters. The van der Waals surface area contributed by atoms with Gasteiger partial charge in [0.05, 0.1) is 5.57 Å². The molecule has 2 heterocycles. The Morgan fingerprint density at radius 1 is 1.06 bits per heavy atom. The molecule has 2 aromatic carbocycles. The van der Waals surface area contributed by atoms with Gasteiger partial charge in [0.25, 0.3) is 5.91 Å². The summed E-state index contributed by atoms with van der Waals surface area (Å²) in [5, 5.41) is 13.4. The van der Waals surface area contributed by atoms with E-state index in [9.17, 15) is 14.7 Å². The predicted octanol–water partition coefficient (Wildman–Crippen LogP) is 5.59. The molecule has 0 saturated heterocycles. The lowest BCUT2D eigenvalue weighted by Gasteiger charge is -2.11. The number of anilines is 1. The second-order valence-corrected chi connectivity index (χ2v) is 7.70. The topological polar surface area (TPSA) is 94.7 Å². The number of hydrogen-bond donors (Lipinski definition) is 3. The maximum atomic E-state index is 12.6. The zero-order chi connectivity index (χ0) is 26.0. The Morgan fingerprint density at radius 3 is 2.26 bits per heavy atom. The zero-order valence-corrected chi connectivity index (χ0v) is 21.3. The van der Waals surface area contributed by atoms with Crippen LogP contribution in [0.5, 0.6) is 5.75 Å². The lowest BCUT2D eigenvalue weighted by atomic mass is 9.93. The number of aromatic hydroxyl groups is 1. The third kappa shape index (κ3) is 6.39. The molecule has 0 fully saturated rings. The van der Waals surface area contributed by atoms with E-state index in [0.29, 0.717) is 30.1 Å². The van der Waals surface area contributed by atoms with Crippen molar-refractivity contribution >= 4 is 29.7 Å². The van der Waals surface area contributed by atoms with Crippen molar-refractivity contribution in [2.45, 2.75) is 34.6 Å². The predicted molar refractivity (Wildman–Crippen MR) is 142 cm³/mol. The van der Waals surface area contributed by atoms with Gasteiger partial charge in [-0.2, -0.15) is 0 Å². The van der Waals surface area contributed by atoms with E-state index in [-0.39, 0.29) is 11.7 Å². The van der Waals surface area contributed by atoms with Crippen molar-refractivity contribution in [2.75, 3.05) is 25.7 Å². The van der Waals surface area contributed by atoms with Crippen LogP contribution in [0.15, 0.2) is 48.7 Å². The van der Waals surface area contributed by atoms with Crippen LogP contribution in [-0.4, -0.2) is 47.7 Å². The molecule has 7 nitrogen and oxygen atoms in total. The highest BCUT2D eigenvalue weighted by molar-refractivity contribution is 6.36. The molecule has 1 aliphatic rings. The number of amides is 2. The number of carbonyl (C=O) groups is 2. The summed E-state index contributed by atoms with van der Waals surface area (Å²) < 4.78 is 4.68. The van der Waals surface area contributed by atoms with Crippen molar-refractivity contribution in [3.63, 3.8) is 0 Å². The molecule has 35 heavy (non-hydrogen) atoms. The first-order chi connectivity index (χ1) is 16.9. The minimum Gasteiger partial charge on any atom is -0.507 e. The van der Waals surface area contributed by atoms with E-state index in [1.54, 1.807) is 19.2 Å². The van der Waals surface area contributed by atoms with Crippen molar-refractivity contribution in [3.8, 4) is 16.9 Å². The quantitative estimate of drug-likeness (QED) is 0.187. The van der Waals surface area contributed by atoms with Crippen molar-refractivity contribution in [1.82, 2.24) is 9.88 Å². The third-order valence-electron chi connectivity index (χ3n) is 5.59. The van der Waals surface area contributed by atoms with Crippen LogP contribution in [0, 0.1) is 13.8 Å². The highest BCUT2D eigenvalue weighted by Gasteiger charge is 2.29. The Hall–Kier alpha value is -3.84. The van der Waals surface area contributed by atoms with Gasteiger partial charge in [0, 0.05) is 42.4 Å². The summed E-state index contributed by atoms with van der Waals surface area (Å²) in [6.45, 7) is 11.0. The zero-order valence-electron chi connectivity index (χ0n) is 21.3. The van der Waals surface area contributed by atoms with Crippen molar-refractivity contribution in [1.29, 1.82) is 0 Å². The summed E-state index contributed by atoms with van der Waals surface area (Å²) in [6, 6.07) is 13.0. The number of phenolic OH excluding ortho intramolecular Hbond substituents is 1. The van der Waals surface area contributed by atoms with Gasteiger partial charge in [0.2, 0.25) is 6.41 Å². The van der Waals surface area contributed by atoms with Gasteiger partial charge < -0.3 is 25.0 Å². The molecule has 0 spiro atoms. The number of aromatic nitrogens is 1. The van der Waals surface area contributed by atoms with E-state index in [4.69, 9.17) is 0 Å². The average Bonchev–Trinajstić information content (AvgIpc) is 3.38. The Morgan fingerprint density at radius 2 is 1.74 bits per heavy atom. The first-order valence-corrected chi connectivity index (χ1v) is 11.7. The lowest BCUT2D eigenvalue weighted by molar-refractivity contribution is -0.122. The molecule has 1 aliphatic heterocycles. The van der Waals surface area contributed by atoms with E-state index < -0.39 is 0 Å². The number of nitrogens with one attached hydrogen (secondary N) is 2. The van der Waals surface area contributed by atoms with Crippen LogP contribution in [0.3, 0.4) is 0 Å². The Kier molecular flexibility index (Phi) is 10.3. The molecule has 4 rings (SSSR count). The molecule has 3 aromatic rings. The standard InChI is InChI=1S/C21H18N2O2.C5H11NO2.C2H6/c1-12-11-22-17(13(12)2)10-15-20-16(23-21(15)25)8-9-18(24)19(20)14-6-4-3-5-7-14;1-3-6(4-7)5-8-2;1-2/h3-11,22,24H,1-2H3,(H,23,25);4H,3,5H2,1-2H3;1-2H3/b15-10-;;. The van der Waals surface area contributed by atoms with Crippen LogP contribution in [0.4, 0.5) is 5.69 Å². The van der Waals surface area contributed by atoms with Gasteiger partial charge in [-0.15, -0.1) is 0 Å². The number of carbonyl (C=O) groups excluding carboxylic acids is 2. The molecule has 0 aliphatic carbocycles. The fraction of sp³-hybridized carbons (Fsp3) is 0.286. The summed E-state index contributed by atoms with van der Waals surface area (Å²) in [4.78, 5) is 27.3. The van der Waals surface area contributed by atoms with Crippen LogP contribution in [0.2, 0.25) is 0 Å². The normalized spacial score (nSPS) is 12.6. The van der Waals surface area contributed by atoms with Crippen LogP contribution in [0.25, 0.3) is 22.8 Å². The molecule has 7 heteroatoms. The van der Waals surface area contributed by atoms with Gasteiger partial charge in [-0.25, -0.2) is 0 Å². The van der Waals surface area contributed by atoms with Crippen LogP contribution in [0.1, 0.15) is 43.2 Å². The molecule has 0 radical (unpaired) electrons. The Bertz CT molecular complexity index is 1170. The second kappa shape index (κ2) is 13.2. The van der Waals surface area contributed by atoms with Crippen molar-refractivity contribution in [3.05, 3.63) is 71.0 Å². The van der Waals surface area contributed by atoms with Gasteiger partial charge >= 0.3 is 0 Å². The number of hydrogen-bond acceptors (Lipinski definition) is 4. The van der Waals surface area contributed by atoms with Crippen LogP contribution >= 0.6 is 0 Å². The molecular weight excluding hydrogens is 442 g/mol. The fourth-order valence-corrected chi connectivity index (χ4v) is 3.58. The Balaban J connectivity index is 0.000000371. The number of ether oxygens (including phenoxy) is 1. The summed E-state index contributed by atoms with van der Waals surface area (Å²) in [5.41, 5.74) is 6.70. The van der Waals surface area contributed by atoms with E-state index in [0.717, 1.165) is 34.4 Å². The number of nitrogens with zero attached hydrogens (tertiary/aromatic N) is 1. The average molecular weight is 478 g/mol. The Labute approximate surface area is 207 Å². The highest BCUT2D eigenvalue weighted by atomic mass is 16.5. The summed E-state index contributed by atoms with van der Waals surface area (Å²) in [6.07, 6.45) is 4.55. The minimum atomic E-state index is -0.163. The van der Waals surface area contributed by atoms with Gasteiger partial charge in [0.1, 0.15) is 12.5 Å².